The van der Waals surface area contributed by atoms with Gasteiger partial charge in [0.1, 0.15) is 5.54 Å². The second kappa shape index (κ2) is 3.60. The average molecular weight is 279 g/mol. The fourth-order valence-electron chi connectivity index (χ4n) is 2.90. The highest BCUT2D eigenvalue weighted by molar-refractivity contribution is 7.10. The number of carbonyl (C=O) groups is 2. The average Bonchev–Trinajstić information content (AvgIpc) is 3.13. The third kappa shape index (κ3) is 1.64. The Morgan fingerprint density at radius 1 is 1.37 bits per heavy atom. The lowest BCUT2D eigenvalue weighted by atomic mass is 9.92. The molecule has 2 fully saturated rings. The summed E-state index contributed by atoms with van der Waals surface area (Å²) in [4.78, 5) is 24.9. The van der Waals surface area contributed by atoms with E-state index in [0.29, 0.717) is 12.8 Å². The largest absolute Gasteiger partial charge is 0.480 e. The summed E-state index contributed by atoms with van der Waals surface area (Å²) in [5.41, 5.74) is -1.64. The normalized spacial score (nSPS) is 29.6. The van der Waals surface area contributed by atoms with Gasteiger partial charge in [0.25, 0.3) is 0 Å². The van der Waals surface area contributed by atoms with E-state index in [0.717, 1.165) is 11.3 Å². The number of hydrogen-bond donors (Lipinski definition) is 2. The van der Waals surface area contributed by atoms with Gasteiger partial charge in [-0.05, 0) is 36.1 Å². The second-order valence-electron chi connectivity index (χ2n) is 6.28. The van der Waals surface area contributed by atoms with Gasteiger partial charge in [-0.3, -0.25) is 4.79 Å². The number of aliphatic carboxylic acids is 1. The first-order chi connectivity index (χ1) is 8.84. The van der Waals surface area contributed by atoms with Gasteiger partial charge in [-0.2, -0.15) is 0 Å². The number of nitrogens with one attached hydrogen (secondary N) is 1. The van der Waals surface area contributed by atoms with Gasteiger partial charge in [-0.1, -0.05) is 19.9 Å². The predicted molar refractivity (Wildman–Crippen MR) is 72.1 cm³/mol. The van der Waals surface area contributed by atoms with Crippen molar-refractivity contribution in [2.24, 2.45) is 5.41 Å². The van der Waals surface area contributed by atoms with Crippen LogP contribution in [0.4, 0.5) is 0 Å². The third-order valence-electron chi connectivity index (χ3n) is 4.58. The minimum absolute atomic E-state index is 0.101. The van der Waals surface area contributed by atoms with Crippen LogP contribution in [0, 0.1) is 5.41 Å². The molecule has 2 aliphatic carbocycles. The molecular formula is C14H17NO3S. The Hall–Kier alpha value is -1.36. The Kier molecular flexibility index (Phi) is 2.40. The Morgan fingerprint density at radius 3 is 2.37 bits per heavy atom. The molecular weight excluding hydrogens is 262 g/mol. The molecule has 1 aromatic heterocycles. The molecule has 2 N–H and O–H groups in total. The molecule has 0 aromatic carbocycles. The van der Waals surface area contributed by atoms with Gasteiger partial charge in [0.05, 0.1) is 5.41 Å². The van der Waals surface area contributed by atoms with Crippen LogP contribution in [0.1, 0.15) is 38.0 Å². The minimum Gasteiger partial charge on any atom is -0.480 e. The SMILES string of the molecule is CC1(C)C[C@@]1(C(=O)NC1(C(=O)O)CC1)c1cccs1. The summed E-state index contributed by atoms with van der Waals surface area (Å²) in [6.45, 7) is 4.12. The number of carboxylic acids is 1. The van der Waals surface area contributed by atoms with Crippen molar-refractivity contribution in [2.75, 3.05) is 0 Å². The molecule has 5 heteroatoms. The molecule has 0 saturated heterocycles. The van der Waals surface area contributed by atoms with Crippen molar-refractivity contribution < 1.29 is 14.7 Å². The zero-order chi connectivity index (χ0) is 13.9. The van der Waals surface area contributed by atoms with Crippen LogP contribution in [0.5, 0.6) is 0 Å². The fourth-order valence-corrected chi connectivity index (χ4v) is 4.00. The maximum absolute atomic E-state index is 12.6. The highest BCUT2D eigenvalue weighted by atomic mass is 32.1. The van der Waals surface area contributed by atoms with Crippen LogP contribution in [0.2, 0.25) is 0 Å². The van der Waals surface area contributed by atoms with Crippen LogP contribution in [0.3, 0.4) is 0 Å². The van der Waals surface area contributed by atoms with E-state index in [-0.39, 0.29) is 11.3 Å². The van der Waals surface area contributed by atoms with Crippen LogP contribution < -0.4 is 5.32 Å². The summed E-state index contributed by atoms with van der Waals surface area (Å²) in [6, 6.07) is 3.91. The number of carboxylic acid groups (broad SMARTS) is 1. The van der Waals surface area contributed by atoms with E-state index in [9.17, 15) is 14.7 Å². The van der Waals surface area contributed by atoms with Gasteiger partial charge >= 0.3 is 5.97 Å². The molecule has 3 rings (SSSR count). The summed E-state index contributed by atoms with van der Waals surface area (Å²) in [6.07, 6.45) is 1.85. The molecule has 1 aromatic rings. The topological polar surface area (TPSA) is 66.4 Å². The summed E-state index contributed by atoms with van der Waals surface area (Å²) in [7, 11) is 0. The van der Waals surface area contributed by atoms with Crippen molar-refractivity contribution >= 4 is 23.2 Å². The molecule has 4 nitrogen and oxygen atoms in total. The van der Waals surface area contributed by atoms with E-state index in [1.54, 1.807) is 11.3 Å². The molecule has 2 aliphatic rings. The predicted octanol–water partition coefficient (Wildman–Crippen LogP) is 2.15. The summed E-state index contributed by atoms with van der Waals surface area (Å²) < 4.78 is 0. The highest BCUT2D eigenvalue weighted by Gasteiger charge is 2.69. The third-order valence-corrected chi connectivity index (χ3v) is 5.61. The van der Waals surface area contributed by atoms with Crippen molar-refractivity contribution in [3.05, 3.63) is 22.4 Å². The van der Waals surface area contributed by atoms with E-state index < -0.39 is 16.9 Å². The van der Waals surface area contributed by atoms with Crippen LogP contribution >= 0.6 is 11.3 Å². The zero-order valence-electron chi connectivity index (χ0n) is 11.0. The Labute approximate surface area is 115 Å². The van der Waals surface area contributed by atoms with Gasteiger partial charge in [-0.25, -0.2) is 4.79 Å². The van der Waals surface area contributed by atoms with E-state index in [2.05, 4.69) is 19.2 Å². The van der Waals surface area contributed by atoms with E-state index in [1.165, 1.54) is 0 Å². The zero-order valence-corrected chi connectivity index (χ0v) is 11.8. The Morgan fingerprint density at radius 2 is 2.00 bits per heavy atom. The highest BCUT2D eigenvalue weighted by Crippen LogP contribution is 2.65. The van der Waals surface area contributed by atoms with Crippen molar-refractivity contribution in [2.45, 2.75) is 44.1 Å². The van der Waals surface area contributed by atoms with Crippen molar-refractivity contribution in [3.8, 4) is 0 Å². The summed E-state index contributed by atoms with van der Waals surface area (Å²) in [5, 5.41) is 13.9. The molecule has 2 saturated carbocycles. The number of carbonyl (C=O) groups excluding carboxylic acids is 1. The first-order valence-corrected chi connectivity index (χ1v) is 7.32. The molecule has 0 spiro atoms. The molecule has 0 unspecified atom stereocenters. The van der Waals surface area contributed by atoms with E-state index in [1.807, 2.05) is 17.5 Å². The number of rotatable bonds is 4. The molecule has 1 heterocycles. The van der Waals surface area contributed by atoms with Crippen LogP contribution in [-0.2, 0) is 15.0 Å². The van der Waals surface area contributed by atoms with Crippen molar-refractivity contribution in [1.29, 1.82) is 0 Å². The molecule has 102 valence electrons. The molecule has 19 heavy (non-hydrogen) atoms. The van der Waals surface area contributed by atoms with Gasteiger partial charge < -0.3 is 10.4 Å². The quantitative estimate of drug-likeness (QED) is 0.887. The molecule has 0 aliphatic heterocycles. The summed E-state index contributed by atoms with van der Waals surface area (Å²) >= 11 is 1.57. The maximum Gasteiger partial charge on any atom is 0.329 e. The Balaban J connectivity index is 1.88. The van der Waals surface area contributed by atoms with Gasteiger partial charge in [0.2, 0.25) is 5.91 Å². The standard InChI is InChI=1S/C14H17NO3S/c1-12(2)8-14(12,9-4-3-7-19-9)10(16)15-13(5-6-13)11(17)18/h3-4,7H,5-6,8H2,1-2H3,(H,15,16)(H,17,18)/t14-/m0/s1. The number of amides is 1. The van der Waals surface area contributed by atoms with E-state index in [4.69, 9.17) is 0 Å². The van der Waals surface area contributed by atoms with E-state index >= 15 is 0 Å². The maximum atomic E-state index is 12.6. The van der Waals surface area contributed by atoms with Gasteiger partial charge in [0, 0.05) is 4.88 Å². The lowest BCUT2D eigenvalue weighted by Gasteiger charge is -2.22. The van der Waals surface area contributed by atoms with Gasteiger partial charge in [-0.15, -0.1) is 11.3 Å². The monoisotopic (exact) mass is 279 g/mol. The fraction of sp³-hybridized carbons (Fsp3) is 0.571. The molecule has 1 amide bonds. The van der Waals surface area contributed by atoms with Crippen molar-refractivity contribution in [3.63, 3.8) is 0 Å². The second-order valence-corrected chi connectivity index (χ2v) is 7.23. The van der Waals surface area contributed by atoms with Crippen LogP contribution in [0.15, 0.2) is 17.5 Å². The first-order valence-electron chi connectivity index (χ1n) is 6.44. The Bertz CT molecular complexity index is 545. The molecule has 0 bridgehead atoms. The number of hydrogen-bond acceptors (Lipinski definition) is 3. The van der Waals surface area contributed by atoms with Crippen LogP contribution in [-0.4, -0.2) is 22.5 Å². The van der Waals surface area contributed by atoms with Gasteiger partial charge in [0.15, 0.2) is 0 Å². The summed E-state index contributed by atoms with van der Waals surface area (Å²) in [5.74, 6) is -1.04. The molecule has 0 radical (unpaired) electrons. The lowest BCUT2D eigenvalue weighted by molar-refractivity contribution is -0.143. The van der Waals surface area contributed by atoms with Crippen molar-refractivity contribution in [1.82, 2.24) is 5.32 Å². The lowest BCUT2D eigenvalue weighted by Crippen LogP contribution is -2.48. The van der Waals surface area contributed by atoms with Crippen LogP contribution in [0.25, 0.3) is 0 Å². The first kappa shape index (κ1) is 12.7. The number of thiophene rings is 1. The minimum atomic E-state index is -1.000. The smallest absolute Gasteiger partial charge is 0.329 e. The molecule has 1 atom stereocenters.